The maximum absolute atomic E-state index is 6.09. The van der Waals surface area contributed by atoms with E-state index in [1.54, 1.807) is 7.11 Å². The van der Waals surface area contributed by atoms with Crippen molar-refractivity contribution in [3.63, 3.8) is 0 Å². The molecule has 2 rings (SSSR count). The standard InChI is InChI=1S/C15H29NO3/c1-16-13-10-14(15(13)18-9-8-17-2)19-11-12-6-4-3-5-7-12/h12-16H,3-11H2,1-2H3. The van der Waals surface area contributed by atoms with Gasteiger partial charge >= 0.3 is 0 Å². The van der Waals surface area contributed by atoms with E-state index in [0.29, 0.717) is 19.3 Å². The van der Waals surface area contributed by atoms with Crippen molar-refractivity contribution in [2.24, 2.45) is 5.92 Å². The highest BCUT2D eigenvalue weighted by Crippen LogP contribution is 2.30. The summed E-state index contributed by atoms with van der Waals surface area (Å²) in [5.74, 6) is 0.780. The highest BCUT2D eigenvalue weighted by Gasteiger charge is 2.42. The normalized spacial score (nSPS) is 32.2. The summed E-state index contributed by atoms with van der Waals surface area (Å²) in [7, 11) is 3.70. The van der Waals surface area contributed by atoms with Gasteiger partial charge in [-0.05, 0) is 32.2 Å². The molecule has 2 aliphatic carbocycles. The van der Waals surface area contributed by atoms with Crippen LogP contribution in [0.25, 0.3) is 0 Å². The molecule has 1 N–H and O–H groups in total. The van der Waals surface area contributed by atoms with Crippen molar-refractivity contribution >= 4 is 0 Å². The van der Waals surface area contributed by atoms with Gasteiger partial charge in [0, 0.05) is 19.8 Å². The number of nitrogens with one attached hydrogen (secondary N) is 1. The molecule has 2 aliphatic rings. The van der Waals surface area contributed by atoms with E-state index in [-0.39, 0.29) is 12.2 Å². The highest BCUT2D eigenvalue weighted by atomic mass is 16.6. The minimum atomic E-state index is 0.198. The fourth-order valence-electron chi connectivity index (χ4n) is 3.13. The lowest BCUT2D eigenvalue weighted by molar-refractivity contribution is -0.156. The van der Waals surface area contributed by atoms with Gasteiger partial charge in [0.15, 0.2) is 0 Å². The minimum Gasteiger partial charge on any atom is -0.382 e. The van der Waals surface area contributed by atoms with E-state index >= 15 is 0 Å². The molecular weight excluding hydrogens is 242 g/mol. The van der Waals surface area contributed by atoms with Gasteiger partial charge in [0.25, 0.3) is 0 Å². The summed E-state index contributed by atoms with van der Waals surface area (Å²) in [6.45, 7) is 2.23. The summed E-state index contributed by atoms with van der Waals surface area (Å²) in [6, 6.07) is 0.438. The van der Waals surface area contributed by atoms with Gasteiger partial charge in [0.05, 0.1) is 25.4 Å². The number of hydrogen-bond donors (Lipinski definition) is 1. The fourth-order valence-corrected chi connectivity index (χ4v) is 3.13. The minimum absolute atomic E-state index is 0.198. The first kappa shape index (κ1) is 15.2. The van der Waals surface area contributed by atoms with Crippen molar-refractivity contribution in [3.05, 3.63) is 0 Å². The van der Waals surface area contributed by atoms with Crippen LogP contribution >= 0.6 is 0 Å². The van der Waals surface area contributed by atoms with Crippen LogP contribution in [0, 0.1) is 5.92 Å². The SMILES string of the molecule is CNC1CC(OCC2CCCCC2)C1OCCOC. The van der Waals surface area contributed by atoms with Gasteiger partial charge in [0.2, 0.25) is 0 Å². The van der Waals surface area contributed by atoms with Crippen LogP contribution in [-0.2, 0) is 14.2 Å². The van der Waals surface area contributed by atoms with Crippen molar-refractivity contribution < 1.29 is 14.2 Å². The van der Waals surface area contributed by atoms with Crippen molar-refractivity contribution in [1.29, 1.82) is 0 Å². The molecule has 3 unspecified atom stereocenters. The zero-order valence-corrected chi connectivity index (χ0v) is 12.4. The Hall–Kier alpha value is -0.160. The van der Waals surface area contributed by atoms with Gasteiger partial charge in [-0.2, -0.15) is 0 Å². The summed E-state index contributed by atoms with van der Waals surface area (Å²) in [6.07, 6.45) is 8.40. The second-order valence-electron chi connectivity index (χ2n) is 5.83. The second-order valence-corrected chi connectivity index (χ2v) is 5.83. The average Bonchev–Trinajstić information content (AvgIpc) is 2.44. The summed E-state index contributed by atoms with van der Waals surface area (Å²) in [5.41, 5.74) is 0. The van der Waals surface area contributed by atoms with Crippen LogP contribution in [0.4, 0.5) is 0 Å². The molecule has 2 saturated carbocycles. The van der Waals surface area contributed by atoms with E-state index in [1.807, 2.05) is 7.05 Å². The van der Waals surface area contributed by atoms with Crippen LogP contribution < -0.4 is 5.32 Å². The predicted octanol–water partition coefficient (Wildman–Crippen LogP) is 1.98. The van der Waals surface area contributed by atoms with Crippen LogP contribution in [0.1, 0.15) is 38.5 Å². The number of rotatable bonds is 8. The Morgan fingerprint density at radius 2 is 1.84 bits per heavy atom. The van der Waals surface area contributed by atoms with Gasteiger partial charge in [0.1, 0.15) is 0 Å². The molecule has 112 valence electrons. The molecule has 0 aromatic carbocycles. The Morgan fingerprint density at radius 3 is 2.53 bits per heavy atom. The Kier molecular flexibility index (Phi) is 6.57. The van der Waals surface area contributed by atoms with Crippen molar-refractivity contribution in [1.82, 2.24) is 5.32 Å². The summed E-state index contributed by atoms with van der Waals surface area (Å²) in [5, 5.41) is 3.30. The molecule has 4 nitrogen and oxygen atoms in total. The molecule has 2 fully saturated rings. The van der Waals surface area contributed by atoms with Gasteiger partial charge in [-0.25, -0.2) is 0 Å². The molecule has 0 bridgehead atoms. The quantitative estimate of drug-likeness (QED) is 0.685. The van der Waals surface area contributed by atoms with E-state index in [9.17, 15) is 0 Å². The van der Waals surface area contributed by atoms with Crippen molar-refractivity contribution in [2.75, 3.05) is 34.0 Å². The van der Waals surface area contributed by atoms with Crippen molar-refractivity contribution in [2.45, 2.75) is 56.8 Å². The van der Waals surface area contributed by atoms with Crippen LogP contribution in [0.3, 0.4) is 0 Å². The van der Waals surface area contributed by atoms with Crippen LogP contribution in [-0.4, -0.2) is 52.2 Å². The van der Waals surface area contributed by atoms with Crippen LogP contribution in [0.5, 0.6) is 0 Å². The Labute approximate surface area is 117 Å². The molecule has 0 aromatic heterocycles. The second kappa shape index (κ2) is 8.20. The van der Waals surface area contributed by atoms with Gasteiger partial charge in [-0.1, -0.05) is 19.3 Å². The van der Waals surface area contributed by atoms with Gasteiger partial charge in [-0.3, -0.25) is 0 Å². The zero-order chi connectivity index (χ0) is 13.5. The van der Waals surface area contributed by atoms with E-state index in [1.165, 1.54) is 32.1 Å². The molecular formula is C15H29NO3. The van der Waals surface area contributed by atoms with E-state index in [2.05, 4.69) is 5.32 Å². The first-order valence-corrected chi connectivity index (χ1v) is 7.74. The summed E-state index contributed by atoms with van der Waals surface area (Å²) >= 11 is 0. The van der Waals surface area contributed by atoms with Crippen LogP contribution in [0.2, 0.25) is 0 Å². The lowest BCUT2D eigenvalue weighted by atomic mass is 9.84. The molecule has 0 heterocycles. The Balaban J connectivity index is 1.66. The third kappa shape index (κ3) is 4.42. The third-order valence-electron chi connectivity index (χ3n) is 4.49. The molecule has 0 amide bonds. The van der Waals surface area contributed by atoms with Crippen LogP contribution in [0.15, 0.2) is 0 Å². The maximum Gasteiger partial charge on any atom is 0.0991 e. The molecule has 0 saturated heterocycles. The van der Waals surface area contributed by atoms with Gasteiger partial charge < -0.3 is 19.5 Å². The maximum atomic E-state index is 6.09. The average molecular weight is 271 g/mol. The number of ether oxygens (including phenoxy) is 3. The Morgan fingerprint density at radius 1 is 1.05 bits per heavy atom. The summed E-state index contributed by atoms with van der Waals surface area (Å²) < 4.78 is 17.0. The lowest BCUT2D eigenvalue weighted by Gasteiger charge is -2.44. The van der Waals surface area contributed by atoms with E-state index in [0.717, 1.165) is 18.9 Å². The third-order valence-corrected chi connectivity index (χ3v) is 4.49. The van der Waals surface area contributed by atoms with E-state index in [4.69, 9.17) is 14.2 Å². The Bertz CT molecular complexity index is 244. The molecule has 0 spiro atoms. The number of methoxy groups -OCH3 is 1. The zero-order valence-electron chi connectivity index (χ0n) is 12.4. The fraction of sp³-hybridized carbons (Fsp3) is 1.00. The largest absolute Gasteiger partial charge is 0.382 e. The lowest BCUT2D eigenvalue weighted by Crippen LogP contribution is -2.59. The topological polar surface area (TPSA) is 39.7 Å². The predicted molar refractivity (Wildman–Crippen MR) is 75.4 cm³/mol. The molecule has 0 aliphatic heterocycles. The smallest absolute Gasteiger partial charge is 0.0991 e. The van der Waals surface area contributed by atoms with E-state index < -0.39 is 0 Å². The first-order chi connectivity index (χ1) is 9.35. The van der Waals surface area contributed by atoms with Gasteiger partial charge in [-0.15, -0.1) is 0 Å². The number of hydrogen-bond acceptors (Lipinski definition) is 4. The highest BCUT2D eigenvalue weighted by molar-refractivity contribution is 4.96. The number of likely N-dealkylation sites (N-methyl/N-ethyl adjacent to an activating group) is 1. The molecule has 19 heavy (non-hydrogen) atoms. The summed E-state index contributed by atoms with van der Waals surface area (Å²) in [4.78, 5) is 0. The molecule has 0 aromatic rings. The molecule has 3 atom stereocenters. The van der Waals surface area contributed by atoms with Crippen molar-refractivity contribution in [3.8, 4) is 0 Å². The molecule has 0 radical (unpaired) electrons. The first-order valence-electron chi connectivity index (χ1n) is 7.74. The molecule has 4 heteroatoms. The monoisotopic (exact) mass is 271 g/mol.